The molecule has 0 spiro atoms. The molecule has 1 aromatic rings. The number of hydrogen-bond acceptors (Lipinski definition) is 4. The number of rotatable bonds is 4. The summed E-state index contributed by atoms with van der Waals surface area (Å²) in [6.07, 6.45) is 2.71. The molecule has 78 valence electrons. The summed E-state index contributed by atoms with van der Waals surface area (Å²) in [4.78, 5) is 0. The van der Waals surface area contributed by atoms with E-state index in [1.165, 1.54) is 12.8 Å². The topological polar surface area (TPSA) is 37.8 Å². The van der Waals surface area contributed by atoms with Crippen molar-refractivity contribution in [2.24, 2.45) is 5.41 Å². The summed E-state index contributed by atoms with van der Waals surface area (Å²) in [5.74, 6) is 0. The van der Waals surface area contributed by atoms with Crippen LogP contribution in [0, 0.1) is 12.3 Å². The molecule has 2 rings (SSSR count). The minimum absolute atomic E-state index is 0.541. The number of aryl methyl sites for hydroxylation is 1. The molecule has 14 heavy (non-hydrogen) atoms. The highest BCUT2D eigenvalue weighted by atomic mass is 32.1. The Morgan fingerprint density at radius 3 is 2.71 bits per heavy atom. The highest BCUT2D eigenvalue weighted by molar-refractivity contribution is 7.11. The first-order valence-electron chi connectivity index (χ1n) is 5.12. The Kier molecular flexibility index (Phi) is 2.58. The second-order valence-electron chi connectivity index (χ2n) is 4.47. The number of aromatic nitrogens is 2. The molecule has 1 fully saturated rings. The van der Waals surface area contributed by atoms with Gasteiger partial charge in [-0.05, 0) is 32.1 Å². The molecule has 0 bridgehead atoms. The van der Waals surface area contributed by atoms with Gasteiger partial charge in [0.25, 0.3) is 0 Å². The minimum atomic E-state index is 0.541. The highest BCUT2D eigenvalue weighted by Gasteiger charge is 2.42. The summed E-state index contributed by atoms with van der Waals surface area (Å²) in [6.45, 7) is 7.46. The zero-order chi connectivity index (χ0) is 10.2. The number of hydrogen-bond donors (Lipinski definition) is 1. The molecule has 1 aliphatic rings. The fraction of sp³-hybridized carbons (Fsp3) is 0.800. The third-order valence-electron chi connectivity index (χ3n) is 3.21. The van der Waals surface area contributed by atoms with E-state index in [1.807, 2.05) is 6.92 Å². The molecule has 1 aromatic heterocycles. The van der Waals surface area contributed by atoms with E-state index in [-0.39, 0.29) is 0 Å². The van der Waals surface area contributed by atoms with Gasteiger partial charge in [0.1, 0.15) is 10.0 Å². The van der Waals surface area contributed by atoms with Gasteiger partial charge in [-0.2, -0.15) is 0 Å². The number of nitrogens with one attached hydrogen (secondary N) is 1. The second kappa shape index (κ2) is 3.59. The predicted octanol–water partition coefficient (Wildman–Crippen LogP) is 2.12. The lowest BCUT2D eigenvalue weighted by Gasteiger charge is -2.19. The Morgan fingerprint density at radius 2 is 2.21 bits per heavy atom. The van der Waals surface area contributed by atoms with Crippen LogP contribution >= 0.6 is 11.3 Å². The van der Waals surface area contributed by atoms with Gasteiger partial charge in [0.05, 0.1) is 0 Å². The van der Waals surface area contributed by atoms with Gasteiger partial charge in [-0.15, -0.1) is 21.5 Å². The van der Waals surface area contributed by atoms with Crippen molar-refractivity contribution in [3.05, 3.63) is 10.0 Å². The Labute approximate surface area is 88.9 Å². The minimum Gasteiger partial charge on any atom is -0.307 e. The maximum Gasteiger partial charge on any atom is 0.131 e. The van der Waals surface area contributed by atoms with Crippen molar-refractivity contribution >= 4 is 11.3 Å². The molecule has 1 heterocycles. The van der Waals surface area contributed by atoms with Gasteiger partial charge in [0, 0.05) is 12.6 Å². The van der Waals surface area contributed by atoms with Crippen LogP contribution in [-0.2, 0) is 6.54 Å². The van der Waals surface area contributed by atoms with Gasteiger partial charge >= 0.3 is 0 Å². The molecular weight excluding hydrogens is 194 g/mol. The second-order valence-corrected chi connectivity index (χ2v) is 5.74. The van der Waals surface area contributed by atoms with Crippen molar-refractivity contribution < 1.29 is 0 Å². The summed E-state index contributed by atoms with van der Waals surface area (Å²) >= 11 is 1.68. The van der Waals surface area contributed by atoms with Gasteiger partial charge in [0.15, 0.2) is 0 Å². The van der Waals surface area contributed by atoms with Gasteiger partial charge < -0.3 is 5.32 Å². The largest absolute Gasteiger partial charge is 0.307 e. The predicted molar refractivity (Wildman–Crippen MR) is 58.3 cm³/mol. The summed E-state index contributed by atoms with van der Waals surface area (Å²) < 4.78 is 0. The van der Waals surface area contributed by atoms with Gasteiger partial charge in [-0.3, -0.25) is 0 Å². The average Bonchev–Trinajstić information content (AvgIpc) is 2.76. The molecule has 1 unspecified atom stereocenters. The molecule has 4 heteroatoms. The number of nitrogens with zero attached hydrogens (tertiary/aromatic N) is 2. The lowest BCUT2D eigenvalue weighted by Crippen LogP contribution is -2.32. The zero-order valence-corrected chi connectivity index (χ0v) is 9.82. The first-order chi connectivity index (χ1) is 6.60. The van der Waals surface area contributed by atoms with E-state index in [0.717, 1.165) is 16.6 Å². The van der Waals surface area contributed by atoms with Crippen molar-refractivity contribution in [1.82, 2.24) is 15.5 Å². The van der Waals surface area contributed by atoms with E-state index in [4.69, 9.17) is 0 Å². The lowest BCUT2D eigenvalue weighted by molar-refractivity contribution is 0.379. The van der Waals surface area contributed by atoms with Crippen LogP contribution in [0.4, 0.5) is 0 Å². The van der Waals surface area contributed by atoms with Crippen LogP contribution in [-0.4, -0.2) is 16.2 Å². The van der Waals surface area contributed by atoms with Crippen molar-refractivity contribution in [2.75, 3.05) is 0 Å². The first kappa shape index (κ1) is 10.1. The molecule has 1 N–H and O–H groups in total. The van der Waals surface area contributed by atoms with Crippen LogP contribution < -0.4 is 5.32 Å². The molecule has 1 saturated carbocycles. The maximum atomic E-state index is 4.10. The first-order valence-corrected chi connectivity index (χ1v) is 5.94. The van der Waals surface area contributed by atoms with Gasteiger partial charge in [-0.1, -0.05) is 6.92 Å². The van der Waals surface area contributed by atoms with Crippen molar-refractivity contribution in [3.8, 4) is 0 Å². The van der Waals surface area contributed by atoms with E-state index in [9.17, 15) is 0 Å². The Hall–Kier alpha value is -0.480. The highest BCUT2D eigenvalue weighted by Crippen LogP contribution is 2.47. The molecule has 1 atom stereocenters. The quantitative estimate of drug-likeness (QED) is 0.829. The Bertz CT molecular complexity index is 317. The van der Waals surface area contributed by atoms with Crippen molar-refractivity contribution in [2.45, 2.75) is 46.2 Å². The van der Waals surface area contributed by atoms with Crippen LogP contribution in [0.1, 0.15) is 36.7 Å². The third kappa shape index (κ3) is 2.12. The normalized spacial score (nSPS) is 20.8. The molecule has 0 saturated heterocycles. The third-order valence-corrected chi connectivity index (χ3v) is 4.05. The van der Waals surface area contributed by atoms with E-state index in [2.05, 4.69) is 29.4 Å². The lowest BCUT2D eigenvalue weighted by atomic mass is 10.0. The van der Waals surface area contributed by atoms with E-state index < -0.39 is 0 Å². The standard InChI is InChI=1S/C10H17N3S/c1-7(10(3)4-5-10)11-6-9-13-12-8(2)14-9/h7,11H,4-6H2,1-3H3. The molecular formula is C10H17N3S. The van der Waals surface area contributed by atoms with Crippen LogP contribution in [0.5, 0.6) is 0 Å². The summed E-state index contributed by atoms with van der Waals surface area (Å²) in [5, 5.41) is 13.8. The summed E-state index contributed by atoms with van der Waals surface area (Å²) in [5.41, 5.74) is 0.541. The molecule has 3 nitrogen and oxygen atoms in total. The van der Waals surface area contributed by atoms with E-state index >= 15 is 0 Å². The molecule has 0 aromatic carbocycles. The molecule has 1 aliphatic carbocycles. The van der Waals surface area contributed by atoms with Crippen LogP contribution in [0.25, 0.3) is 0 Å². The van der Waals surface area contributed by atoms with Crippen LogP contribution in [0.2, 0.25) is 0 Å². The average molecular weight is 211 g/mol. The fourth-order valence-corrected chi connectivity index (χ4v) is 2.19. The smallest absolute Gasteiger partial charge is 0.131 e. The van der Waals surface area contributed by atoms with Gasteiger partial charge in [-0.25, -0.2) is 0 Å². The van der Waals surface area contributed by atoms with E-state index in [1.54, 1.807) is 11.3 Å². The zero-order valence-electron chi connectivity index (χ0n) is 9.00. The summed E-state index contributed by atoms with van der Waals surface area (Å²) in [6, 6.07) is 0.590. The molecule has 0 aliphatic heterocycles. The van der Waals surface area contributed by atoms with E-state index in [0.29, 0.717) is 11.5 Å². The summed E-state index contributed by atoms with van der Waals surface area (Å²) in [7, 11) is 0. The van der Waals surface area contributed by atoms with Crippen molar-refractivity contribution in [3.63, 3.8) is 0 Å². The van der Waals surface area contributed by atoms with Crippen LogP contribution in [0.3, 0.4) is 0 Å². The monoisotopic (exact) mass is 211 g/mol. The Balaban J connectivity index is 1.82. The van der Waals surface area contributed by atoms with Crippen LogP contribution in [0.15, 0.2) is 0 Å². The van der Waals surface area contributed by atoms with Gasteiger partial charge in [0.2, 0.25) is 0 Å². The molecule has 0 amide bonds. The fourth-order valence-electron chi connectivity index (χ4n) is 1.53. The SMILES string of the molecule is Cc1nnc(CNC(C)C2(C)CC2)s1. The Morgan fingerprint density at radius 1 is 1.50 bits per heavy atom. The maximum absolute atomic E-state index is 4.10. The molecule has 0 radical (unpaired) electrons. The van der Waals surface area contributed by atoms with Crippen molar-refractivity contribution in [1.29, 1.82) is 0 Å².